The molecule has 0 radical (unpaired) electrons. The van der Waals surface area contributed by atoms with Crippen molar-refractivity contribution in [1.29, 1.82) is 0 Å². The molecule has 3 atom stereocenters. The van der Waals surface area contributed by atoms with Crippen molar-refractivity contribution in [2.75, 3.05) is 5.32 Å². The van der Waals surface area contributed by atoms with Gasteiger partial charge in [0.25, 0.3) is 0 Å². The van der Waals surface area contributed by atoms with Gasteiger partial charge in [0.15, 0.2) is 0 Å². The zero-order valence-corrected chi connectivity index (χ0v) is 13.5. The molecular weight excluding hydrogens is 246 g/mol. The molecule has 2 aliphatic carbocycles. The molecule has 1 aromatic heterocycles. The molecule has 3 heteroatoms. The van der Waals surface area contributed by atoms with Crippen molar-refractivity contribution >= 4 is 5.82 Å². The predicted octanol–water partition coefficient (Wildman–Crippen LogP) is 3.97. The number of fused-ring (bicyclic) bond motifs is 2. The molecule has 2 saturated carbocycles. The molecule has 0 amide bonds. The maximum atomic E-state index is 4.60. The molecule has 2 fully saturated rings. The summed E-state index contributed by atoms with van der Waals surface area (Å²) in [5, 5.41) is 3.77. The second-order valence-corrected chi connectivity index (χ2v) is 7.64. The van der Waals surface area contributed by atoms with E-state index in [2.05, 4.69) is 49.0 Å². The van der Waals surface area contributed by atoms with Gasteiger partial charge in [-0.2, -0.15) is 0 Å². The zero-order chi connectivity index (χ0) is 14.5. The van der Waals surface area contributed by atoms with Crippen LogP contribution >= 0.6 is 0 Å². The van der Waals surface area contributed by atoms with Crippen molar-refractivity contribution in [3.8, 4) is 0 Å². The summed E-state index contributed by atoms with van der Waals surface area (Å²) in [6.07, 6.45) is 5.07. The summed E-state index contributed by atoms with van der Waals surface area (Å²) in [5.41, 5.74) is 1.92. The first-order valence-corrected chi connectivity index (χ1v) is 7.96. The molecule has 3 rings (SSSR count). The van der Waals surface area contributed by atoms with Crippen molar-refractivity contribution < 1.29 is 0 Å². The SMILES string of the molecule is CCc1cc(NC2C3(C)CCC(C3)C2(C)C)nc(C)n1. The zero-order valence-electron chi connectivity index (χ0n) is 13.5. The van der Waals surface area contributed by atoms with Gasteiger partial charge in [-0.25, -0.2) is 9.97 Å². The summed E-state index contributed by atoms with van der Waals surface area (Å²) in [5.74, 6) is 2.75. The van der Waals surface area contributed by atoms with E-state index in [1.165, 1.54) is 19.3 Å². The first kappa shape index (κ1) is 13.8. The predicted molar refractivity (Wildman–Crippen MR) is 82.8 cm³/mol. The van der Waals surface area contributed by atoms with E-state index in [1.807, 2.05) is 6.92 Å². The van der Waals surface area contributed by atoms with Crippen molar-refractivity contribution in [2.45, 2.75) is 66.3 Å². The Morgan fingerprint density at radius 2 is 2.05 bits per heavy atom. The fraction of sp³-hybridized carbons (Fsp3) is 0.765. The maximum absolute atomic E-state index is 4.60. The van der Waals surface area contributed by atoms with Crippen molar-refractivity contribution in [1.82, 2.24) is 9.97 Å². The average Bonchev–Trinajstić information content (AvgIpc) is 2.85. The largest absolute Gasteiger partial charge is 0.366 e. The Balaban J connectivity index is 1.89. The first-order valence-electron chi connectivity index (χ1n) is 7.96. The summed E-state index contributed by atoms with van der Waals surface area (Å²) < 4.78 is 0. The quantitative estimate of drug-likeness (QED) is 0.905. The van der Waals surface area contributed by atoms with E-state index in [4.69, 9.17) is 0 Å². The lowest BCUT2D eigenvalue weighted by Gasteiger charge is -2.43. The third-order valence-electron chi connectivity index (χ3n) is 5.82. The summed E-state index contributed by atoms with van der Waals surface area (Å²) in [4.78, 5) is 9.08. The van der Waals surface area contributed by atoms with E-state index in [9.17, 15) is 0 Å². The second kappa shape index (κ2) is 4.44. The van der Waals surface area contributed by atoms with Gasteiger partial charge in [-0.05, 0) is 49.4 Å². The highest BCUT2D eigenvalue weighted by molar-refractivity contribution is 5.40. The van der Waals surface area contributed by atoms with Crippen LogP contribution in [0.4, 0.5) is 5.82 Å². The van der Waals surface area contributed by atoms with Crippen molar-refractivity contribution in [3.05, 3.63) is 17.6 Å². The molecular formula is C17H27N3. The molecule has 3 unspecified atom stereocenters. The normalized spacial score (nSPS) is 34.5. The van der Waals surface area contributed by atoms with Crippen LogP contribution in [0.5, 0.6) is 0 Å². The summed E-state index contributed by atoms with van der Waals surface area (Å²) in [7, 11) is 0. The summed E-state index contributed by atoms with van der Waals surface area (Å²) in [6, 6.07) is 2.64. The van der Waals surface area contributed by atoms with Crippen LogP contribution in [0.1, 0.15) is 58.5 Å². The van der Waals surface area contributed by atoms with Crippen molar-refractivity contribution in [2.24, 2.45) is 16.7 Å². The van der Waals surface area contributed by atoms with E-state index in [1.54, 1.807) is 0 Å². The van der Waals surface area contributed by atoms with Gasteiger partial charge in [-0.15, -0.1) is 0 Å². The molecule has 3 nitrogen and oxygen atoms in total. The highest BCUT2D eigenvalue weighted by Crippen LogP contribution is 2.63. The van der Waals surface area contributed by atoms with Gasteiger partial charge in [-0.3, -0.25) is 0 Å². The van der Waals surface area contributed by atoms with Crippen molar-refractivity contribution in [3.63, 3.8) is 0 Å². The van der Waals surface area contributed by atoms with Gasteiger partial charge >= 0.3 is 0 Å². The van der Waals surface area contributed by atoms with Gasteiger partial charge in [0, 0.05) is 17.8 Å². The van der Waals surface area contributed by atoms with Crippen LogP contribution in [-0.4, -0.2) is 16.0 Å². The van der Waals surface area contributed by atoms with Crippen LogP contribution in [0.15, 0.2) is 6.07 Å². The van der Waals surface area contributed by atoms with E-state index < -0.39 is 0 Å². The molecule has 0 aliphatic heterocycles. The van der Waals surface area contributed by atoms with Crippen LogP contribution in [0.2, 0.25) is 0 Å². The van der Waals surface area contributed by atoms with E-state index in [0.29, 0.717) is 16.9 Å². The summed E-state index contributed by atoms with van der Waals surface area (Å²) >= 11 is 0. The molecule has 1 aromatic rings. The number of aromatic nitrogens is 2. The van der Waals surface area contributed by atoms with Crippen LogP contribution in [0.3, 0.4) is 0 Å². The van der Waals surface area contributed by atoms with Gasteiger partial charge < -0.3 is 5.32 Å². The molecule has 2 bridgehead atoms. The second-order valence-electron chi connectivity index (χ2n) is 7.64. The van der Waals surface area contributed by atoms with Gasteiger partial charge in [0.05, 0.1) is 0 Å². The number of nitrogens with one attached hydrogen (secondary N) is 1. The fourth-order valence-electron chi connectivity index (χ4n) is 4.69. The Morgan fingerprint density at radius 1 is 1.30 bits per heavy atom. The molecule has 2 aliphatic rings. The van der Waals surface area contributed by atoms with Crippen LogP contribution in [0.25, 0.3) is 0 Å². The molecule has 20 heavy (non-hydrogen) atoms. The first-order chi connectivity index (χ1) is 9.35. The molecule has 110 valence electrons. The molecule has 0 aromatic carbocycles. The monoisotopic (exact) mass is 273 g/mol. The van der Waals surface area contributed by atoms with E-state index >= 15 is 0 Å². The molecule has 1 heterocycles. The molecule has 0 saturated heterocycles. The maximum Gasteiger partial charge on any atom is 0.130 e. The standard InChI is InChI=1S/C17H27N3/c1-6-13-9-14(19-11(2)18-13)20-15-16(3,4)12-7-8-17(15,5)10-12/h9,12,15H,6-8,10H2,1-5H3,(H,18,19,20). The summed E-state index contributed by atoms with van der Waals surface area (Å²) in [6.45, 7) is 11.4. The smallest absolute Gasteiger partial charge is 0.130 e. The number of nitrogens with zero attached hydrogens (tertiary/aromatic N) is 2. The fourth-order valence-corrected chi connectivity index (χ4v) is 4.69. The number of rotatable bonds is 3. The number of aryl methyl sites for hydroxylation is 2. The van der Waals surface area contributed by atoms with Gasteiger partial charge in [0.1, 0.15) is 11.6 Å². The Labute approximate surface area is 122 Å². The third-order valence-corrected chi connectivity index (χ3v) is 5.82. The van der Waals surface area contributed by atoms with Crippen LogP contribution < -0.4 is 5.32 Å². The highest BCUT2D eigenvalue weighted by atomic mass is 15.1. The van der Waals surface area contributed by atoms with Gasteiger partial charge in [0.2, 0.25) is 0 Å². The number of hydrogen-bond acceptors (Lipinski definition) is 3. The Hall–Kier alpha value is -1.12. The van der Waals surface area contributed by atoms with Crippen LogP contribution in [0, 0.1) is 23.7 Å². The Morgan fingerprint density at radius 3 is 2.65 bits per heavy atom. The van der Waals surface area contributed by atoms with E-state index in [0.717, 1.165) is 29.7 Å². The molecule has 0 spiro atoms. The lowest BCUT2D eigenvalue weighted by molar-refractivity contribution is 0.155. The Kier molecular flexibility index (Phi) is 3.07. The topological polar surface area (TPSA) is 37.8 Å². The number of anilines is 1. The van der Waals surface area contributed by atoms with Crippen LogP contribution in [-0.2, 0) is 6.42 Å². The minimum absolute atomic E-state index is 0.359. The lowest BCUT2D eigenvalue weighted by Crippen LogP contribution is -2.46. The lowest BCUT2D eigenvalue weighted by atomic mass is 9.68. The average molecular weight is 273 g/mol. The van der Waals surface area contributed by atoms with E-state index in [-0.39, 0.29) is 0 Å². The minimum Gasteiger partial charge on any atom is -0.366 e. The minimum atomic E-state index is 0.359. The van der Waals surface area contributed by atoms with Gasteiger partial charge in [-0.1, -0.05) is 27.7 Å². The highest BCUT2D eigenvalue weighted by Gasteiger charge is 2.59. The molecule has 1 N–H and O–H groups in total. The third kappa shape index (κ3) is 2.02. The number of hydrogen-bond donors (Lipinski definition) is 1. The Bertz CT molecular complexity index is 518.